The number of hydrogen-bond donors (Lipinski definition) is 1. The number of methoxy groups -OCH3 is 1. The van der Waals surface area contributed by atoms with Gasteiger partial charge in [-0.25, -0.2) is 9.97 Å². The van der Waals surface area contributed by atoms with E-state index in [1.807, 2.05) is 16.7 Å². The molecule has 0 aromatic carbocycles. The van der Waals surface area contributed by atoms with Gasteiger partial charge < -0.3 is 15.4 Å². The predicted molar refractivity (Wildman–Crippen MR) is 71.3 cm³/mol. The highest BCUT2D eigenvalue weighted by Gasteiger charge is 2.09. The van der Waals surface area contributed by atoms with Crippen molar-refractivity contribution >= 4 is 17.1 Å². The van der Waals surface area contributed by atoms with E-state index in [2.05, 4.69) is 21.9 Å². The summed E-state index contributed by atoms with van der Waals surface area (Å²) >= 11 is 0. The monoisotopic (exact) mass is 249 g/mol. The van der Waals surface area contributed by atoms with Crippen LogP contribution in [-0.4, -0.2) is 53.3 Å². The van der Waals surface area contributed by atoms with E-state index in [1.165, 1.54) is 0 Å². The lowest BCUT2D eigenvalue weighted by Crippen LogP contribution is -2.27. The molecule has 2 aromatic rings. The molecule has 0 saturated heterocycles. The van der Waals surface area contributed by atoms with Crippen LogP contribution in [0.2, 0.25) is 0 Å². The second-order valence-electron chi connectivity index (χ2n) is 4.26. The molecule has 6 nitrogen and oxygen atoms in total. The number of pyridine rings is 1. The summed E-state index contributed by atoms with van der Waals surface area (Å²) in [7, 11) is 3.76. The molecule has 18 heavy (non-hydrogen) atoms. The van der Waals surface area contributed by atoms with Crippen molar-refractivity contribution in [2.24, 2.45) is 0 Å². The largest absolute Gasteiger partial charge is 0.383 e. The minimum atomic E-state index is 0.517. The third kappa shape index (κ3) is 2.77. The summed E-state index contributed by atoms with van der Waals surface area (Å²) in [5.41, 5.74) is 7.59. The quantitative estimate of drug-likeness (QED) is 0.811. The Hall–Kier alpha value is -1.66. The van der Waals surface area contributed by atoms with Gasteiger partial charge in [-0.2, -0.15) is 0 Å². The number of nitrogens with zero attached hydrogens (tertiary/aromatic N) is 4. The number of aromatic nitrogens is 3. The lowest BCUT2D eigenvalue weighted by atomic mass is 10.4. The van der Waals surface area contributed by atoms with Crippen molar-refractivity contribution in [3.8, 4) is 0 Å². The van der Waals surface area contributed by atoms with Crippen LogP contribution in [0.25, 0.3) is 11.2 Å². The molecular weight excluding hydrogens is 230 g/mol. The molecule has 0 amide bonds. The highest BCUT2D eigenvalue weighted by atomic mass is 16.5. The maximum atomic E-state index is 5.91. The average Bonchev–Trinajstić information content (AvgIpc) is 2.69. The van der Waals surface area contributed by atoms with Crippen molar-refractivity contribution in [1.82, 2.24) is 19.4 Å². The predicted octanol–water partition coefficient (Wildman–Crippen LogP) is 0.592. The highest BCUT2D eigenvalue weighted by Crippen LogP contribution is 2.14. The van der Waals surface area contributed by atoms with Gasteiger partial charge in [-0.05, 0) is 19.2 Å². The Morgan fingerprint density at radius 3 is 3.06 bits per heavy atom. The zero-order valence-corrected chi connectivity index (χ0v) is 10.8. The van der Waals surface area contributed by atoms with Gasteiger partial charge in [0.05, 0.1) is 6.61 Å². The van der Waals surface area contributed by atoms with Crippen molar-refractivity contribution < 1.29 is 4.74 Å². The zero-order valence-electron chi connectivity index (χ0n) is 10.8. The number of imidazole rings is 1. The van der Waals surface area contributed by atoms with Gasteiger partial charge in [0.1, 0.15) is 5.52 Å². The third-order valence-corrected chi connectivity index (χ3v) is 2.92. The van der Waals surface area contributed by atoms with Crippen LogP contribution in [0.5, 0.6) is 0 Å². The highest BCUT2D eigenvalue weighted by molar-refractivity contribution is 5.73. The van der Waals surface area contributed by atoms with Crippen LogP contribution in [0, 0.1) is 0 Å². The maximum absolute atomic E-state index is 5.91. The fourth-order valence-corrected chi connectivity index (χ4v) is 1.83. The first-order valence-electron chi connectivity index (χ1n) is 5.96. The Balaban J connectivity index is 2.05. The van der Waals surface area contributed by atoms with Gasteiger partial charge >= 0.3 is 0 Å². The Labute approximate surface area is 106 Å². The number of anilines is 1. The van der Waals surface area contributed by atoms with Crippen molar-refractivity contribution in [3.63, 3.8) is 0 Å². The van der Waals surface area contributed by atoms with Gasteiger partial charge in [-0.15, -0.1) is 0 Å². The molecule has 0 fully saturated rings. The van der Waals surface area contributed by atoms with Crippen LogP contribution in [0.3, 0.4) is 0 Å². The minimum absolute atomic E-state index is 0.517. The average molecular weight is 249 g/mol. The van der Waals surface area contributed by atoms with Gasteiger partial charge in [-0.1, -0.05) is 0 Å². The lowest BCUT2D eigenvalue weighted by molar-refractivity contribution is 0.159. The molecule has 0 bridgehead atoms. The maximum Gasteiger partial charge on any atom is 0.202 e. The second-order valence-corrected chi connectivity index (χ2v) is 4.26. The molecule has 2 aromatic heterocycles. The lowest BCUT2D eigenvalue weighted by Gasteiger charge is -2.16. The van der Waals surface area contributed by atoms with E-state index in [0.717, 1.165) is 37.4 Å². The molecule has 2 heterocycles. The van der Waals surface area contributed by atoms with Crippen molar-refractivity contribution in [3.05, 3.63) is 18.3 Å². The van der Waals surface area contributed by atoms with E-state index >= 15 is 0 Å². The van der Waals surface area contributed by atoms with E-state index in [0.29, 0.717) is 5.95 Å². The number of nitrogen functional groups attached to an aromatic ring is 1. The molecule has 0 spiro atoms. The summed E-state index contributed by atoms with van der Waals surface area (Å²) in [5.74, 6) is 0.517. The van der Waals surface area contributed by atoms with Crippen LogP contribution in [0.15, 0.2) is 18.3 Å². The summed E-state index contributed by atoms with van der Waals surface area (Å²) in [4.78, 5) is 10.8. The number of hydrogen-bond acceptors (Lipinski definition) is 5. The Morgan fingerprint density at radius 1 is 1.44 bits per heavy atom. The first-order valence-corrected chi connectivity index (χ1v) is 5.96. The normalized spacial score (nSPS) is 11.5. The first-order chi connectivity index (χ1) is 8.72. The first kappa shape index (κ1) is 12.8. The van der Waals surface area contributed by atoms with Gasteiger partial charge in [0.2, 0.25) is 5.95 Å². The molecule has 0 saturated carbocycles. The van der Waals surface area contributed by atoms with Crippen LogP contribution in [-0.2, 0) is 11.3 Å². The number of fused-ring (bicyclic) bond motifs is 1. The molecule has 0 aliphatic carbocycles. The zero-order chi connectivity index (χ0) is 13.0. The van der Waals surface area contributed by atoms with Crippen LogP contribution in [0.1, 0.15) is 0 Å². The number of ether oxygens (including phenoxy) is 1. The number of rotatable bonds is 6. The fraction of sp³-hybridized carbons (Fsp3) is 0.500. The Morgan fingerprint density at radius 2 is 2.28 bits per heavy atom. The van der Waals surface area contributed by atoms with E-state index in [-0.39, 0.29) is 0 Å². The SMILES string of the molecule is COCCN(C)CCn1c(N)nc2cccnc21. The van der Waals surface area contributed by atoms with Crippen molar-refractivity contribution in [1.29, 1.82) is 0 Å². The molecule has 0 aliphatic heterocycles. The molecule has 0 aliphatic rings. The van der Waals surface area contributed by atoms with E-state index in [1.54, 1.807) is 13.3 Å². The van der Waals surface area contributed by atoms with Crippen molar-refractivity contribution in [2.45, 2.75) is 6.54 Å². The third-order valence-electron chi connectivity index (χ3n) is 2.92. The summed E-state index contributed by atoms with van der Waals surface area (Å²) in [5, 5.41) is 0. The summed E-state index contributed by atoms with van der Waals surface area (Å²) < 4.78 is 6.99. The molecule has 0 atom stereocenters. The molecule has 98 valence electrons. The van der Waals surface area contributed by atoms with E-state index < -0.39 is 0 Å². The molecule has 0 unspecified atom stereocenters. The van der Waals surface area contributed by atoms with Crippen molar-refractivity contribution in [2.75, 3.05) is 39.6 Å². The van der Waals surface area contributed by atoms with Crippen LogP contribution in [0.4, 0.5) is 5.95 Å². The van der Waals surface area contributed by atoms with Gasteiger partial charge in [0.15, 0.2) is 5.65 Å². The van der Waals surface area contributed by atoms with E-state index in [4.69, 9.17) is 10.5 Å². The fourth-order valence-electron chi connectivity index (χ4n) is 1.83. The number of nitrogens with two attached hydrogens (primary N) is 1. The second kappa shape index (κ2) is 5.79. The molecule has 2 rings (SSSR count). The van der Waals surface area contributed by atoms with Gasteiger partial charge in [0.25, 0.3) is 0 Å². The summed E-state index contributed by atoms with van der Waals surface area (Å²) in [6.07, 6.45) is 1.76. The van der Waals surface area contributed by atoms with E-state index in [9.17, 15) is 0 Å². The summed E-state index contributed by atoms with van der Waals surface area (Å²) in [6.45, 7) is 3.29. The topological polar surface area (TPSA) is 69.2 Å². The Kier molecular flexibility index (Phi) is 4.11. The molecular formula is C12H19N5O. The van der Waals surface area contributed by atoms with Gasteiger partial charge in [0, 0.05) is 32.9 Å². The van der Waals surface area contributed by atoms with Gasteiger partial charge in [-0.3, -0.25) is 4.57 Å². The summed E-state index contributed by atoms with van der Waals surface area (Å²) in [6, 6.07) is 3.79. The van der Waals surface area contributed by atoms with Crippen LogP contribution < -0.4 is 5.73 Å². The molecule has 6 heteroatoms. The Bertz CT molecular complexity index is 510. The smallest absolute Gasteiger partial charge is 0.202 e. The number of likely N-dealkylation sites (N-methyl/N-ethyl adjacent to an activating group) is 1. The molecule has 0 radical (unpaired) electrons. The standard InChI is InChI=1S/C12H19N5O/c1-16(8-9-18-2)6-7-17-11-10(15-12(17)13)4-3-5-14-11/h3-5H,6-9H2,1-2H3,(H2,13,15). The van der Waals surface area contributed by atoms with Crippen LogP contribution >= 0.6 is 0 Å². The molecule has 2 N–H and O–H groups in total. The minimum Gasteiger partial charge on any atom is -0.383 e.